The van der Waals surface area contributed by atoms with E-state index in [0.29, 0.717) is 12.8 Å². The van der Waals surface area contributed by atoms with Crippen LogP contribution >= 0.6 is 0 Å². The molecule has 0 spiro atoms. The van der Waals surface area contributed by atoms with Gasteiger partial charge in [-0.05, 0) is 19.3 Å². The van der Waals surface area contributed by atoms with E-state index in [4.69, 9.17) is 4.74 Å². The van der Waals surface area contributed by atoms with Crippen LogP contribution in [0, 0.1) is 0 Å². The molecular formula is C42H82O4. The second kappa shape index (κ2) is 38.4. The molecule has 1 N–H and O–H groups in total. The van der Waals surface area contributed by atoms with Crippen molar-refractivity contribution < 1.29 is 19.4 Å². The zero-order valence-corrected chi connectivity index (χ0v) is 31.4. The molecule has 0 aromatic carbocycles. The van der Waals surface area contributed by atoms with Gasteiger partial charge < -0.3 is 9.84 Å². The van der Waals surface area contributed by atoms with Gasteiger partial charge in [0.2, 0.25) is 0 Å². The molecule has 0 saturated heterocycles. The Morgan fingerprint density at radius 1 is 0.413 bits per heavy atom. The van der Waals surface area contributed by atoms with Crippen molar-refractivity contribution in [2.75, 3.05) is 0 Å². The third-order valence-corrected chi connectivity index (χ3v) is 9.81. The fourth-order valence-electron chi connectivity index (χ4n) is 6.73. The van der Waals surface area contributed by atoms with Crippen LogP contribution in [0.1, 0.15) is 251 Å². The van der Waals surface area contributed by atoms with Gasteiger partial charge in [-0.3, -0.25) is 9.59 Å². The Labute approximate surface area is 288 Å². The fourth-order valence-corrected chi connectivity index (χ4v) is 6.73. The van der Waals surface area contributed by atoms with Gasteiger partial charge in [0, 0.05) is 6.42 Å². The number of carbonyl (C=O) groups excluding carboxylic acids is 1. The van der Waals surface area contributed by atoms with Gasteiger partial charge in [-0.2, -0.15) is 0 Å². The van der Waals surface area contributed by atoms with Crippen molar-refractivity contribution in [2.45, 2.75) is 258 Å². The van der Waals surface area contributed by atoms with Crippen LogP contribution in [-0.2, 0) is 14.3 Å². The molecule has 0 aliphatic rings. The van der Waals surface area contributed by atoms with Gasteiger partial charge in [-0.15, -0.1) is 0 Å². The molecule has 46 heavy (non-hydrogen) atoms. The lowest BCUT2D eigenvalue weighted by atomic mass is 10.0. The van der Waals surface area contributed by atoms with E-state index in [0.717, 1.165) is 25.7 Å². The third kappa shape index (κ3) is 37.4. The predicted octanol–water partition coefficient (Wildman–Crippen LogP) is 14.5. The molecule has 0 aliphatic carbocycles. The van der Waals surface area contributed by atoms with Gasteiger partial charge in [-0.1, -0.05) is 219 Å². The first kappa shape index (κ1) is 44.9. The summed E-state index contributed by atoms with van der Waals surface area (Å²) in [6, 6.07) is 0. The number of rotatable bonds is 39. The average Bonchev–Trinajstić information content (AvgIpc) is 3.03. The second-order valence-electron chi connectivity index (χ2n) is 14.6. The molecule has 0 radical (unpaired) electrons. The van der Waals surface area contributed by atoms with Crippen molar-refractivity contribution in [1.29, 1.82) is 0 Å². The molecule has 0 rings (SSSR count). The molecule has 0 heterocycles. The molecule has 274 valence electrons. The molecular weight excluding hydrogens is 568 g/mol. The average molecular weight is 651 g/mol. The van der Waals surface area contributed by atoms with Gasteiger partial charge in [0.25, 0.3) is 0 Å². The Morgan fingerprint density at radius 3 is 0.957 bits per heavy atom. The normalized spacial score (nSPS) is 12.0. The predicted molar refractivity (Wildman–Crippen MR) is 200 cm³/mol. The molecule has 0 aromatic rings. The maximum Gasteiger partial charge on any atom is 0.307 e. The van der Waals surface area contributed by atoms with Gasteiger partial charge in [0.1, 0.15) is 6.10 Å². The Bertz CT molecular complexity index is 619. The van der Waals surface area contributed by atoms with Gasteiger partial charge >= 0.3 is 11.9 Å². The van der Waals surface area contributed by atoms with Crippen LogP contribution in [0.15, 0.2) is 0 Å². The van der Waals surface area contributed by atoms with Crippen molar-refractivity contribution in [2.24, 2.45) is 0 Å². The second-order valence-corrected chi connectivity index (χ2v) is 14.6. The number of hydrogen-bond donors (Lipinski definition) is 1. The van der Waals surface area contributed by atoms with Crippen molar-refractivity contribution in [1.82, 2.24) is 0 Å². The largest absolute Gasteiger partial charge is 0.481 e. The quantitative estimate of drug-likeness (QED) is 0.0531. The molecule has 0 saturated carbocycles. The van der Waals surface area contributed by atoms with E-state index in [2.05, 4.69) is 13.8 Å². The van der Waals surface area contributed by atoms with Gasteiger partial charge in [-0.25, -0.2) is 0 Å². The van der Waals surface area contributed by atoms with Crippen molar-refractivity contribution >= 4 is 11.9 Å². The maximum absolute atomic E-state index is 12.4. The van der Waals surface area contributed by atoms with Crippen LogP contribution in [0.2, 0.25) is 0 Å². The lowest BCUT2D eigenvalue weighted by molar-refractivity contribution is -0.153. The van der Waals surface area contributed by atoms with E-state index in [1.807, 2.05) is 0 Å². The first-order valence-electron chi connectivity index (χ1n) is 21.0. The minimum absolute atomic E-state index is 0.0658. The van der Waals surface area contributed by atoms with Crippen LogP contribution in [0.5, 0.6) is 0 Å². The summed E-state index contributed by atoms with van der Waals surface area (Å²) in [5, 5.41) is 9.28. The lowest BCUT2D eigenvalue weighted by Gasteiger charge is -2.16. The maximum atomic E-state index is 12.4. The minimum Gasteiger partial charge on any atom is -0.481 e. The van der Waals surface area contributed by atoms with E-state index in [1.165, 1.54) is 193 Å². The molecule has 0 bridgehead atoms. The highest BCUT2D eigenvalue weighted by Crippen LogP contribution is 2.18. The highest BCUT2D eigenvalue weighted by Gasteiger charge is 2.17. The molecule has 0 aliphatic heterocycles. The summed E-state index contributed by atoms with van der Waals surface area (Å²) < 4.78 is 5.60. The highest BCUT2D eigenvalue weighted by molar-refractivity contribution is 5.71. The van der Waals surface area contributed by atoms with Gasteiger partial charge in [0.05, 0.1) is 6.42 Å². The number of esters is 1. The Hall–Kier alpha value is -1.06. The number of carboxylic acid groups (broad SMARTS) is 1. The van der Waals surface area contributed by atoms with Gasteiger partial charge in [0.15, 0.2) is 0 Å². The molecule has 1 atom stereocenters. The summed E-state index contributed by atoms with van der Waals surface area (Å²) >= 11 is 0. The monoisotopic (exact) mass is 651 g/mol. The molecule has 4 heteroatoms. The highest BCUT2D eigenvalue weighted by atomic mass is 16.5. The number of hydrogen-bond acceptors (Lipinski definition) is 3. The first-order chi connectivity index (χ1) is 22.6. The van der Waals surface area contributed by atoms with E-state index >= 15 is 0 Å². The third-order valence-electron chi connectivity index (χ3n) is 9.81. The SMILES string of the molecule is CCCCCCCCCCCCCCCCCCCC(=O)OC(CCCCCCCCCCCCCCCCCCC)CC(=O)O. The Morgan fingerprint density at radius 2 is 0.674 bits per heavy atom. The Kier molecular flexibility index (Phi) is 37.5. The number of aliphatic carboxylic acids is 1. The number of unbranched alkanes of at least 4 members (excludes halogenated alkanes) is 32. The topological polar surface area (TPSA) is 63.6 Å². The summed E-state index contributed by atoms with van der Waals surface area (Å²) in [4.78, 5) is 23.7. The van der Waals surface area contributed by atoms with E-state index in [1.54, 1.807) is 0 Å². The minimum atomic E-state index is -0.873. The van der Waals surface area contributed by atoms with Crippen LogP contribution in [-0.4, -0.2) is 23.1 Å². The van der Waals surface area contributed by atoms with Crippen LogP contribution in [0.4, 0.5) is 0 Å². The number of ether oxygens (including phenoxy) is 1. The summed E-state index contributed by atoms with van der Waals surface area (Å²) in [5.74, 6) is -1.08. The zero-order valence-electron chi connectivity index (χ0n) is 31.4. The summed E-state index contributed by atoms with van der Waals surface area (Å²) in [6.45, 7) is 4.56. The standard InChI is InChI=1S/C42H82O4/c1-3-5-7-9-11-13-15-17-19-21-23-25-27-29-31-33-35-37-40(39-41(43)44)46-42(45)38-36-34-32-30-28-26-24-22-20-18-16-14-12-10-8-6-4-2/h40H,3-39H2,1-2H3,(H,43,44). The fraction of sp³-hybridized carbons (Fsp3) is 0.952. The van der Waals surface area contributed by atoms with Crippen LogP contribution < -0.4 is 0 Å². The smallest absolute Gasteiger partial charge is 0.307 e. The summed E-state index contributed by atoms with van der Waals surface area (Å²) in [6.07, 6.45) is 45.6. The van der Waals surface area contributed by atoms with E-state index in [-0.39, 0.29) is 12.4 Å². The molecule has 1 unspecified atom stereocenters. The van der Waals surface area contributed by atoms with E-state index in [9.17, 15) is 14.7 Å². The molecule has 0 amide bonds. The molecule has 0 aromatic heterocycles. The number of carbonyl (C=O) groups is 2. The summed E-state index contributed by atoms with van der Waals surface area (Å²) in [5.41, 5.74) is 0. The molecule has 0 fully saturated rings. The molecule has 4 nitrogen and oxygen atoms in total. The summed E-state index contributed by atoms with van der Waals surface area (Å²) in [7, 11) is 0. The number of carboxylic acids is 1. The zero-order chi connectivity index (χ0) is 33.6. The lowest BCUT2D eigenvalue weighted by Crippen LogP contribution is -2.21. The van der Waals surface area contributed by atoms with E-state index < -0.39 is 12.1 Å². The van der Waals surface area contributed by atoms with Crippen LogP contribution in [0.3, 0.4) is 0 Å². The first-order valence-corrected chi connectivity index (χ1v) is 21.0. The van der Waals surface area contributed by atoms with Crippen molar-refractivity contribution in [3.05, 3.63) is 0 Å². The van der Waals surface area contributed by atoms with Crippen molar-refractivity contribution in [3.63, 3.8) is 0 Å². The van der Waals surface area contributed by atoms with Crippen molar-refractivity contribution in [3.8, 4) is 0 Å². The van der Waals surface area contributed by atoms with Crippen LogP contribution in [0.25, 0.3) is 0 Å². The Balaban J connectivity index is 3.57.